The van der Waals surface area contributed by atoms with E-state index in [0.717, 1.165) is 12.0 Å². The number of rotatable bonds is 2. The summed E-state index contributed by atoms with van der Waals surface area (Å²) >= 11 is 0. The van der Waals surface area contributed by atoms with Crippen molar-refractivity contribution in [2.75, 3.05) is 13.7 Å². The normalized spacial score (nSPS) is 23.1. The van der Waals surface area contributed by atoms with Crippen molar-refractivity contribution in [3.63, 3.8) is 0 Å². The smallest absolute Gasteiger partial charge is 0.254 e. The maximum atomic E-state index is 12.4. The molecule has 0 aliphatic carbocycles. The molecule has 0 saturated carbocycles. The molecule has 2 atom stereocenters. The van der Waals surface area contributed by atoms with Gasteiger partial charge in [-0.15, -0.1) is 0 Å². The second kappa shape index (κ2) is 4.98. The maximum Gasteiger partial charge on any atom is 0.254 e. The number of phenols is 1. The van der Waals surface area contributed by atoms with Gasteiger partial charge in [0.25, 0.3) is 5.91 Å². The van der Waals surface area contributed by atoms with Gasteiger partial charge in [0, 0.05) is 19.2 Å². The lowest BCUT2D eigenvalue weighted by atomic mass is 10.0. The molecule has 1 aromatic rings. The van der Waals surface area contributed by atoms with Gasteiger partial charge < -0.3 is 14.7 Å². The number of ether oxygens (including phenoxy) is 1. The van der Waals surface area contributed by atoms with Gasteiger partial charge in [0.05, 0.1) is 12.1 Å². The van der Waals surface area contributed by atoms with Gasteiger partial charge in [-0.1, -0.05) is 0 Å². The quantitative estimate of drug-likeness (QED) is 0.871. The number of hydrogen-bond acceptors (Lipinski definition) is 3. The monoisotopic (exact) mass is 249 g/mol. The molecule has 0 aromatic heterocycles. The van der Waals surface area contributed by atoms with Crippen LogP contribution in [0.4, 0.5) is 0 Å². The summed E-state index contributed by atoms with van der Waals surface area (Å²) in [6.45, 7) is 4.53. The van der Waals surface area contributed by atoms with Gasteiger partial charge >= 0.3 is 0 Å². The van der Waals surface area contributed by atoms with Crippen molar-refractivity contribution < 1.29 is 14.6 Å². The highest BCUT2D eigenvalue weighted by molar-refractivity contribution is 5.95. The number of amides is 1. The fourth-order valence-corrected chi connectivity index (χ4v) is 2.46. The van der Waals surface area contributed by atoms with E-state index >= 15 is 0 Å². The summed E-state index contributed by atoms with van der Waals surface area (Å²) in [4.78, 5) is 14.1. The Balaban J connectivity index is 2.20. The van der Waals surface area contributed by atoms with E-state index in [2.05, 4.69) is 0 Å². The third kappa shape index (κ3) is 2.34. The number of phenolic OH excluding ortho intramolecular Hbond substituents is 1. The van der Waals surface area contributed by atoms with Crippen molar-refractivity contribution in [2.45, 2.75) is 32.4 Å². The van der Waals surface area contributed by atoms with Crippen LogP contribution in [0.2, 0.25) is 0 Å². The van der Waals surface area contributed by atoms with Gasteiger partial charge in [-0.2, -0.15) is 0 Å². The summed E-state index contributed by atoms with van der Waals surface area (Å²) in [7, 11) is 1.81. The largest absolute Gasteiger partial charge is 0.508 e. The molecular weight excluding hydrogens is 230 g/mol. The SMILES string of the molecule is Cc1cc(O)ccc1C(=O)N(C)C1CCOC1C. The predicted octanol–water partition coefficient (Wildman–Crippen LogP) is 1.95. The maximum absolute atomic E-state index is 12.4. The van der Waals surface area contributed by atoms with Crippen molar-refractivity contribution in [1.29, 1.82) is 0 Å². The van der Waals surface area contributed by atoms with Gasteiger partial charge in [-0.05, 0) is 44.0 Å². The molecule has 0 bridgehead atoms. The van der Waals surface area contributed by atoms with Crippen LogP contribution in [0.5, 0.6) is 5.75 Å². The molecule has 98 valence electrons. The first-order valence-corrected chi connectivity index (χ1v) is 6.19. The first kappa shape index (κ1) is 12.9. The van der Waals surface area contributed by atoms with Gasteiger partial charge in [0.15, 0.2) is 0 Å². The van der Waals surface area contributed by atoms with Crippen LogP contribution in [-0.4, -0.2) is 41.7 Å². The number of aromatic hydroxyl groups is 1. The summed E-state index contributed by atoms with van der Waals surface area (Å²) in [6.07, 6.45) is 0.956. The minimum atomic E-state index is -0.0187. The number of likely N-dealkylation sites (N-methyl/N-ethyl adjacent to an activating group) is 1. The molecule has 4 nitrogen and oxygen atoms in total. The molecule has 4 heteroatoms. The molecule has 1 fully saturated rings. The van der Waals surface area contributed by atoms with E-state index < -0.39 is 0 Å². The number of carbonyl (C=O) groups excluding carboxylic acids is 1. The average molecular weight is 249 g/mol. The van der Waals surface area contributed by atoms with Crippen LogP contribution in [0.15, 0.2) is 18.2 Å². The Morgan fingerprint density at radius 3 is 2.78 bits per heavy atom. The second-order valence-corrected chi connectivity index (χ2v) is 4.85. The highest BCUT2D eigenvalue weighted by Gasteiger charge is 2.31. The van der Waals surface area contributed by atoms with Crippen LogP contribution >= 0.6 is 0 Å². The molecule has 1 saturated heterocycles. The van der Waals surface area contributed by atoms with Crippen LogP contribution in [0.25, 0.3) is 0 Å². The Bertz CT molecular complexity index is 458. The fourth-order valence-electron chi connectivity index (χ4n) is 2.46. The lowest BCUT2D eigenvalue weighted by molar-refractivity contribution is 0.0574. The van der Waals surface area contributed by atoms with Gasteiger partial charge in [0.2, 0.25) is 0 Å². The van der Waals surface area contributed by atoms with E-state index in [4.69, 9.17) is 4.74 Å². The van der Waals surface area contributed by atoms with Crippen molar-refractivity contribution >= 4 is 5.91 Å². The molecule has 2 unspecified atom stereocenters. The summed E-state index contributed by atoms with van der Waals surface area (Å²) in [5.74, 6) is 0.166. The molecule has 0 radical (unpaired) electrons. The molecule has 2 rings (SSSR count). The van der Waals surface area contributed by atoms with Crippen molar-refractivity contribution in [2.24, 2.45) is 0 Å². The molecular formula is C14H19NO3. The Kier molecular flexibility index (Phi) is 3.57. The van der Waals surface area contributed by atoms with E-state index in [0.29, 0.717) is 12.2 Å². The highest BCUT2D eigenvalue weighted by atomic mass is 16.5. The number of aryl methyl sites for hydroxylation is 1. The third-order valence-corrected chi connectivity index (χ3v) is 3.59. The first-order valence-electron chi connectivity index (χ1n) is 6.19. The third-order valence-electron chi connectivity index (χ3n) is 3.59. The van der Waals surface area contributed by atoms with E-state index in [1.165, 1.54) is 0 Å². The molecule has 1 heterocycles. The van der Waals surface area contributed by atoms with Crippen LogP contribution < -0.4 is 0 Å². The number of carbonyl (C=O) groups is 1. The topological polar surface area (TPSA) is 49.8 Å². The number of nitrogens with zero attached hydrogens (tertiary/aromatic N) is 1. The second-order valence-electron chi connectivity index (χ2n) is 4.85. The highest BCUT2D eigenvalue weighted by Crippen LogP contribution is 2.22. The Labute approximate surface area is 107 Å². The first-order chi connectivity index (χ1) is 8.50. The van der Waals surface area contributed by atoms with Crippen LogP contribution in [0.1, 0.15) is 29.3 Å². The zero-order valence-electron chi connectivity index (χ0n) is 11.0. The van der Waals surface area contributed by atoms with E-state index in [-0.39, 0.29) is 23.8 Å². The van der Waals surface area contributed by atoms with E-state index in [9.17, 15) is 9.90 Å². The van der Waals surface area contributed by atoms with Gasteiger partial charge in [-0.25, -0.2) is 0 Å². The Hall–Kier alpha value is -1.55. The lowest BCUT2D eigenvalue weighted by Gasteiger charge is -2.27. The minimum Gasteiger partial charge on any atom is -0.508 e. The summed E-state index contributed by atoms with van der Waals surface area (Å²) in [5, 5.41) is 9.37. The van der Waals surface area contributed by atoms with Crippen molar-refractivity contribution in [1.82, 2.24) is 4.90 Å². The molecule has 1 N–H and O–H groups in total. The van der Waals surface area contributed by atoms with Crippen LogP contribution in [-0.2, 0) is 4.74 Å². The lowest BCUT2D eigenvalue weighted by Crippen LogP contribution is -2.41. The Morgan fingerprint density at radius 1 is 1.50 bits per heavy atom. The Morgan fingerprint density at radius 2 is 2.22 bits per heavy atom. The zero-order chi connectivity index (χ0) is 13.3. The molecule has 0 spiro atoms. The minimum absolute atomic E-state index is 0.0187. The zero-order valence-corrected chi connectivity index (χ0v) is 11.0. The van der Waals surface area contributed by atoms with Crippen molar-refractivity contribution in [3.05, 3.63) is 29.3 Å². The standard InChI is InChI=1S/C14H19NO3/c1-9-8-11(16)4-5-12(9)14(17)15(3)13-6-7-18-10(13)2/h4-5,8,10,13,16H,6-7H2,1-3H3. The van der Waals surface area contributed by atoms with Crippen molar-refractivity contribution in [3.8, 4) is 5.75 Å². The number of hydrogen-bond donors (Lipinski definition) is 1. The van der Waals surface area contributed by atoms with Crippen LogP contribution in [0.3, 0.4) is 0 Å². The van der Waals surface area contributed by atoms with Gasteiger partial charge in [0.1, 0.15) is 5.75 Å². The molecule has 1 aliphatic rings. The fraction of sp³-hybridized carbons (Fsp3) is 0.500. The summed E-state index contributed by atoms with van der Waals surface area (Å²) in [5.41, 5.74) is 1.42. The van der Waals surface area contributed by atoms with E-state index in [1.54, 1.807) is 23.1 Å². The van der Waals surface area contributed by atoms with Gasteiger partial charge in [-0.3, -0.25) is 4.79 Å². The average Bonchev–Trinajstić information content (AvgIpc) is 2.74. The predicted molar refractivity (Wildman–Crippen MR) is 68.8 cm³/mol. The molecule has 1 amide bonds. The molecule has 1 aliphatic heterocycles. The molecule has 18 heavy (non-hydrogen) atoms. The molecule has 1 aromatic carbocycles. The number of benzene rings is 1. The summed E-state index contributed by atoms with van der Waals surface area (Å²) in [6, 6.07) is 4.95. The van der Waals surface area contributed by atoms with Crippen LogP contribution in [0, 0.1) is 6.92 Å². The summed E-state index contributed by atoms with van der Waals surface area (Å²) < 4.78 is 5.49. The van der Waals surface area contributed by atoms with E-state index in [1.807, 2.05) is 20.9 Å².